The molecule has 0 saturated carbocycles. The monoisotopic (exact) mass is 254 g/mol. The molecule has 0 aromatic carbocycles. The summed E-state index contributed by atoms with van der Waals surface area (Å²) in [6, 6.07) is 0. The summed E-state index contributed by atoms with van der Waals surface area (Å²) in [5.41, 5.74) is -0.416. The predicted octanol–water partition coefficient (Wildman–Crippen LogP) is 1.31. The summed E-state index contributed by atoms with van der Waals surface area (Å²) in [6.45, 7) is 9.59. The third-order valence-corrected chi connectivity index (χ3v) is 4.60. The molecule has 2 saturated heterocycles. The average molecular weight is 254 g/mol. The van der Waals surface area contributed by atoms with Crippen molar-refractivity contribution >= 4 is 5.91 Å². The normalized spacial score (nSPS) is 36.9. The van der Waals surface area contributed by atoms with Crippen molar-refractivity contribution in [3.63, 3.8) is 0 Å². The number of carbonyl (C=O) groups excluding carboxylic acids is 1. The first-order chi connectivity index (χ1) is 8.49. The van der Waals surface area contributed by atoms with Crippen molar-refractivity contribution in [1.82, 2.24) is 10.6 Å². The summed E-state index contributed by atoms with van der Waals surface area (Å²) in [5.74, 6) is 0.566. The van der Waals surface area contributed by atoms with Gasteiger partial charge in [-0.05, 0) is 38.6 Å². The second-order valence-electron chi connectivity index (χ2n) is 6.41. The second-order valence-corrected chi connectivity index (χ2v) is 6.41. The molecule has 104 valence electrons. The highest BCUT2D eigenvalue weighted by Crippen LogP contribution is 2.35. The van der Waals surface area contributed by atoms with Gasteiger partial charge >= 0.3 is 0 Å². The molecule has 2 rings (SSSR count). The van der Waals surface area contributed by atoms with Gasteiger partial charge in [0.2, 0.25) is 5.91 Å². The zero-order valence-corrected chi connectivity index (χ0v) is 11.8. The molecule has 0 aliphatic carbocycles. The molecule has 0 aromatic heterocycles. The summed E-state index contributed by atoms with van der Waals surface area (Å²) >= 11 is 0. The largest absolute Gasteiger partial charge is 0.379 e. The first kappa shape index (κ1) is 13.8. The van der Waals surface area contributed by atoms with Crippen molar-refractivity contribution in [1.29, 1.82) is 0 Å². The van der Waals surface area contributed by atoms with E-state index < -0.39 is 0 Å². The molecule has 2 heterocycles. The quantitative estimate of drug-likeness (QED) is 0.798. The van der Waals surface area contributed by atoms with Gasteiger partial charge in [-0.2, -0.15) is 0 Å². The molecule has 2 aliphatic heterocycles. The smallest absolute Gasteiger partial charge is 0.228 e. The van der Waals surface area contributed by atoms with Crippen LogP contribution < -0.4 is 10.6 Å². The number of amides is 1. The van der Waals surface area contributed by atoms with E-state index in [-0.39, 0.29) is 16.9 Å². The Morgan fingerprint density at radius 2 is 2.17 bits per heavy atom. The van der Waals surface area contributed by atoms with Gasteiger partial charge in [0.25, 0.3) is 0 Å². The maximum Gasteiger partial charge on any atom is 0.228 e. The van der Waals surface area contributed by atoms with Gasteiger partial charge < -0.3 is 15.4 Å². The standard InChI is InChI=1S/C14H26N2O2/c1-11(2)14(6-7-15-9-14)12(17)16-13(3)5-4-8-18-10-13/h11,15H,4-10H2,1-3H3,(H,16,17). The lowest BCUT2D eigenvalue weighted by Crippen LogP contribution is -2.57. The van der Waals surface area contributed by atoms with Gasteiger partial charge in [0, 0.05) is 13.2 Å². The van der Waals surface area contributed by atoms with Gasteiger partial charge in [-0.1, -0.05) is 13.8 Å². The van der Waals surface area contributed by atoms with Gasteiger partial charge in [0.05, 0.1) is 17.6 Å². The van der Waals surface area contributed by atoms with E-state index in [2.05, 4.69) is 31.4 Å². The molecular formula is C14H26N2O2. The number of hydrogen-bond donors (Lipinski definition) is 2. The Morgan fingerprint density at radius 1 is 1.39 bits per heavy atom. The minimum atomic E-state index is -0.236. The average Bonchev–Trinajstić information content (AvgIpc) is 2.79. The molecular weight excluding hydrogens is 228 g/mol. The third-order valence-electron chi connectivity index (χ3n) is 4.60. The second kappa shape index (κ2) is 5.17. The predicted molar refractivity (Wildman–Crippen MR) is 71.4 cm³/mol. The number of rotatable bonds is 3. The van der Waals surface area contributed by atoms with Crippen molar-refractivity contribution in [2.24, 2.45) is 11.3 Å². The number of nitrogens with one attached hydrogen (secondary N) is 2. The summed E-state index contributed by atoms with van der Waals surface area (Å²) in [5, 5.41) is 6.59. The molecule has 4 nitrogen and oxygen atoms in total. The van der Waals surface area contributed by atoms with Crippen LogP contribution in [-0.4, -0.2) is 37.7 Å². The maximum atomic E-state index is 12.7. The van der Waals surface area contributed by atoms with Crippen LogP contribution >= 0.6 is 0 Å². The van der Waals surface area contributed by atoms with Gasteiger partial charge in [0.1, 0.15) is 0 Å². The minimum Gasteiger partial charge on any atom is -0.379 e. The molecule has 4 heteroatoms. The van der Waals surface area contributed by atoms with Gasteiger partial charge in [-0.25, -0.2) is 0 Å². The van der Waals surface area contributed by atoms with Crippen LogP contribution in [0.2, 0.25) is 0 Å². The number of ether oxygens (including phenoxy) is 1. The van der Waals surface area contributed by atoms with Crippen molar-refractivity contribution in [2.75, 3.05) is 26.3 Å². The lowest BCUT2D eigenvalue weighted by atomic mass is 9.75. The molecule has 0 radical (unpaired) electrons. The van der Waals surface area contributed by atoms with E-state index in [4.69, 9.17) is 4.74 Å². The Kier molecular flexibility index (Phi) is 3.97. The molecule has 0 spiro atoms. The van der Waals surface area contributed by atoms with Gasteiger partial charge in [-0.3, -0.25) is 4.79 Å². The van der Waals surface area contributed by atoms with Crippen LogP contribution in [0.15, 0.2) is 0 Å². The zero-order valence-electron chi connectivity index (χ0n) is 11.8. The van der Waals surface area contributed by atoms with Crippen LogP contribution in [0.1, 0.15) is 40.0 Å². The fourth-order valence-electron chi connectivity index (χ4n) is 3.09. The molecule has 2 fully saturated rings. The van der Waals surface area contributed by atoms with E-state index >= 15 is 0 Å². The summed E-state index contributed by atoms with van der Waals surface area (Å²) in [7, 11) is 0. The summed E-state index contributed by atoms with van der Waals surface area (Å²) in [6.07, 6.45) is 2.98. The van der Waals surface area contributed by atoms with Crippen molar-refractivity contribution in [3.8, 4) is 0 Å². The Bertz CT molecular complexity index is 303. The van der Waals surface area contributed by atoms with E-state index in [0.717, 1.165) is 39.0 Å². The highest BCUT2D eigenvalue weighted by atomic mass is 16.5. The Hall–Kier alpha value is -0.610. The molecule has 2 N–H and O–H groups in total. The fraction of sp³-hybridized carbons (Fsp3) is 0.929. The van der Waals surface area contributed by atoms with Crippen LogP contribution in [0.25, 0.3) is 0 Å². The Morgan fingerprint density at radius 3 is 2.67 bits per heavy atom. The SMILES string of the molecule is CC(C)C1(C(=O)NC2(C)CCCOC2)CCNC1. The Balaban J connectivity index is 2.05. The zero-order chi connectivity index (χ0) is 13.2. The van der Waals surface area contributed by atoms with E-state index in [0.29, 0.717) is 12.5 Å². The first-order valence-corrected chi connectivity index (χ1v) is 7.10. The van der Waals surface area contributed by atoms with Crippen molar-refractivity contribution < 1.29 is 9.53 Å². The molecule has 0 bridgehead atoms. The summed E-state index contributed by atoms with van der Waals surface area (Å²) in [4.78, 5) is 12.7. The van der Waals surface area contributed by atoms with Crippen molar-refractivity contribution in [3.05, 3.63) is 0 Å². The van der Waals surface area contributed by atoms with Gasteiger partial charge in [0.15, 0.2) is 0 Å². The van der Waals surface area contributed by atoms with Crippen LogP contribution in [0, 0.1) is 11.3 Å². The fourth-order valence-corrected chi connectivity index (χ4v) is 3.09. The third kappa shape index (κ3) is 2.54. The highest BCUT2D eigenvalue weighted by Gasteiger charge is 2.46. The topological polar surface area (TPSA) is 50.4 Å². The molecule has 0 aromatic rings. The highest BCUT2D eigenvalue weighted by molar-refractivity contribution is 5.84. The lowest BCUT2D eigenvalue weighted by Gasteiger charge is -2.39. The van der Waals surface area contributed by atoms with Crippen molar-refractivity contribution in [2.45, 2.75) is 45.6 Å². The van der Waals surface area contributed by atoms with E-state index in [1.807, 2.05) is 0 Å². The van der Waals surface area contributed by atoms with Gasteiger partial charge in [-0.15, -0.1) is 0 Å². The van der Waals surface area contributed by atoms with Crippen LogP contribution in [0.5, 0.6) is 0 Å². The number of hydrogen-bond acceptors (Lipinski definition) is 3. The van der Waals surface area contributed by atoms with E-state index in [1.54, 1.807) is 0 Å². The molecule has 2 unspecified atom stereocenters. The molecule has 2 aliphatic rings. The molecule has 1 amide bonds. The van der Waals surface area contributed by atoms with Crippen LogP contribution in [-0.2, 0) is 9.53 Å². The first-order valence-electron chi connectivity index (χ1n) is 7.10. The van der Waals surface area contributed by atoms with Crippen LogP contribution in [0.4, 0.5) is 0 Å². The molecule has 2 atom stereocenters. The van der Waals surface area contributed by atoms with E-state index in [1.165, 1.54) is 0 Å². The van der Waals surface area contributed by atoms with Crippen LogP contribution in [0.3, 0.4) is 0 Å². The lowest BCUT2D eigenvalue weighted by molar-refractivity contribution is -0.136. The molecule has 18 heavy (non-hydrogen) atoms. The Labute approximate surface area is 110 Å². The summed E-state index contributed by atoms with van der Waals surface area (Å²) < 4.78 is 5.51. The van der Waals surface area contributed by atoms with E-state index in [9.17, 15) is 4.79 Å². The number of carbonyl (C=O) groups is 1. The minimum absolute atomic E-state index is 0.181. The maximum absolute atomic E-state index is 12.7.